The van der Waals surface area contributed by atoms with Gasteiger partial charge in [0.15, 0.2) is 32.0 Å². The summed E-state index contributed by atoms with van der Waals surface area (Å²) in [5.74, 6) is 0.0991. The average molecular weight is 300 g/mol. The fourth-order valence-electron chi connectivity index (χ4n) is 2.68. The van der Waals surface area contributed by atoms with Gasteiger partial charge in [0.05, 0.1) is 0 Å². The molecule has 112 valence electrons. The van der Waals surface area contributed by atoms with E-state index < -0.39 is 0 Å². The van der Waals surface area contributed by atoms with Gasteiger partial charge in [-0.25, -0.2) is 4.57 Å². The molecule has 0 amide bonds. The molecule has 1 aromatic heterocycles. The third-order valence-corrected chi connectivity index (χ3v) is 3.91. The van der Waals surface area contributed by atoms with E-state index >= 15 is 0 Å². The lowest BCUT2D eigenvalue weighted by molar-refractivity contribution is -0.688. The summed E-state index contributed by atoms with van der Waals surface area (Å²) in [7, 11) is 0.947. The Morgan fingerprint density at radius 3 is 2.30 bits per heavy atom. The first-order valence-electron chi connectivity index (χ1n) is 7.82. The van der Waals surface area contributed by atoms with Crippen LogP contribution in [0.5, 0.6) is 0 Å². The van der Waals surface area contributed by atoms with Crippen LogP contribution in [0.3, 0.4) is 0 Å². The minimum Gasteiger partial charge on any atom is -0.295 e. The first kappa shape index (κ1) is 15.2. The number of pyridine rings is 1. The molecule has 0 spiro atoms. The number of nitrogens with zero attached hydrogens (tertiary/aromatic N) is 1. The Bertz CT molecular complexity index is 797. The van der Waals surface area contributed by atoms with Crippen molar-refractivity contribution in [2.45, 2.75) is 13.5 Å². The van der Waals surface area contributed by atoms with E-state index in [4.69, 9.17) is 0 Å². The molecule has 3 rings (SSSR count). The highest BCUT2D eigenvalue weighted by Crippen LogP contribution is 1.99. The van der Waals surface area contributed by atoms with E-state index in [9.17, 15) is 4.79 Å². The second-order valence-corrected chi connectivity index (χ2v) is 5.80. The van der Waals surface area contributed by atoms with Crippen molar-refractivity contribution in [2.24, 2.45) is 0 Å². The number of Topliss-reactive ketones (excluding diaryl/α,β-unsaturated/α-hetero) is 1. The Morgan fingerprint density at radius 1 is 0.913 bits per heavy atom. The van der Waals surface area contributed by atoms with Crippen LogP contribution >= 0.6 is 0 Å². The van der Waals surface area contributed by atoms with Crippen LogP contribution in [-0.4, -0.2) is 13.1 Å². The van der Waals surface area contributed by atoms with Crippen LogP contribution < -0.4 is 15.5 Å². The lowest BCUT2D eigenvalue weighted by Gasteiger charge is -2.03. The number of carbonyl (C=O) groups is 1. The molecule has 0 N–H and O–H groups in total. The molecular weight excluding hydrogens is 281 g/mol. The molecule has 0 radical (unpaired) electrons. The fourth-order valence-corrected chi connectivity index (χ4v) is 2.68. The van der Waals surface area contributed by atoms with Crippen LogP contribution in [0.25, 0.3) is 0 Å². The van der Waals surface area contributed by atoms with E-state index in [-0.39, 0.29) is 5.78 Å². The predicted molar refractivity (Wildman–Crippen MR) is 95.0 cm³/mol. The van der Waals surface area contributed by atoms with Gasteiger partial charge in [0.25, 0.3) is 0 Å². The van der Waals surface area contributed by atoms with Crippen molar-refractivity contribution in [1.29, 1.82) is 0 Å². The zero-order valence-corrected chi connectivity index (χ0v) is 13.3. The predicted octanol–water partition coefficient (Wildman–Crippen LogP) is 1.61. The van der Waals surface area contributed by atoms with E-state index in [0.29, 0.717) is 0 Å². The summed E-state index contributed by atoms with van der Waals surface area (Å²) < 4.78 is 2.09. The van der Waals surface area contributed by atoms with Crippen molar-refractivity contribution in [3.8, 4) is 0 Å². The summed E-state index contributed by atoms with van der Waals surface area (Å²) in [4.78, 5) is 11.3. The third kappa shape index (κ3) is 4.16. The van der Waals surface area contributed by atoms with Crippen LogP contribution in [0.2, 0.25) is 0 Å². The molecule has 3 heteroatoms. The second kappa shape index (κ2) is 7.06. The van der Waals surface area contributed by atoms with E-state index in [2.05, 4.69) is 53.1 Å². The van der Waals surface area contributed by atoms with Gasteiger partial charge in [-0.05, 0) is 6.92 Å². The van der Waals surface area contributed by atoms with Crippen molar-refractivity contribution in [1.82, 2.24) is 0 Å². The fraction of sp³-hybridized carbons (Fsp3) is 0.100. The molecule has 2 nitrogen and oxygen atoms in total. The molecule has 2 aromatic carbocycles. The number of ketones is 1. The van der Waals surface area contributed by atoms with E-state index in [1.165, 1.54) is 16.5 Å². The Hall–Kier alpha value is -2.68. The van der Waals surface area contributed by atoms with Gasteiger partial charge in [-0.1, -0.05) is 65.5 Å². The van der Waals surface area contributed by atoms with Crippen LogP contribution in [0.15, 0.2) is 79.1 Å². The average Bonchev–Trinajstić information content (AvgIpc) is 2.57. The summed E-state index contributed by atoms with van der Waals surface area (Å²) in [6.07, 6.45) is 3.92. The Balaban J connectivity index is 1.73. The summed E-state index contributed by atoms with van der Waals surface area (Å²) in [6.45, 7) is 2.40. The van der Waals surface area contributed by atoms with Gasteiger partial charge >= 0.3 is 0 Å². The highest BCUT2D eigenvalue weighted by Gasteiger charge is 2.06. The monoisotopic (exact) mass is 300 g/mol. The van der Waals surface area contributed by atoms with Gasteiger partial charge in [0.2, 0.25) is 0 Å². The van der Waals surface area contributed by atoms with Gasteiger partial charge in [-0.2, -0.15) is 0 Å². The van der Waals surface area contributed by atoms with Gasteiger partial charge in [-0.15, -0.1) is 0 Å². The first-order valence-corrected chi connectivity index (χ1v) is 7.82. The third-order valence-electron chi connectivity index (χ3n) is 3.91. The standard InChI is InChI=1S/C20H19BNO/c1-16(23)18-10-12-22(13-11-18)15-17-6-5-9-20(14-17)21-19-7-3-2-4-8-19/h2-14,21H,15H2,1H3/q+1. The molecule has 1 heterocycles. The van der Waals surface area contributed by atoms with Crippen molar-refractivity contribution in [3.05, 3.63) is 90.3 Å². The zero-order valence-electron chi connectivity index (χ0n) is 13.3. The SMILES string of the molecule is CC(=O)c1cc[n+](Cc2cccc(Bc3ccccc3)c2)cc1. The minimum absolute atomic E-state index is 0.0991. The zero-order chi connectivity index (χ0) is 16.1. The largest absolute Gasteiger partial charge is 0.295 e. The maximum Gasteiger partial charge on any atom is 0.192 e. The molecule has 3 aromatic rings. The molecule has 23 heavy (non-hydrogen) atoms. The van der Waals surface area contributed by atoms with Gasteiger partial charge in [0, 0.05) is 23.3 Å². The van der Waals surface area contributed by atoms with Crippen molar-refractivity contribution < 1.29 is 9.36 Å². The number of benzene rings is 2. The molecule has 0 aliphatic rings. The van der Waals surface area contributed by atoms with E-state index in [1.807, 2.05) is 30.6 Å². The van der Waals surface area contributed by atoms with Gasteiger partial charge in [0.1, 0.15) is 0 Å². The lowest BCUT2D eigenvalue weighted by atomic mass is 9.64. The van der Waals surface area contributed by atoms with Crippen molar-refractivity contribution >= 4 is 24.0 Å². The highest BCUT2D eigenvalue weighted by atomic mass is 16.1. The van der Waals surface area contributed by atoms with E-state index in [0.717, 1.165) is 19.4 Å². The van der Waals surface area contributed by atoms with Crippen LogP contribution in [0.1, 0.15) is 22.8 Å². The van der Waals surface area contributed by atoms with Gasteiger partial charge < -0.3 is 0 Å². The second-order valence-electron chi connectivity index (χ2n) is 5.80. The molecule has 0 bridgehead atoms. The smallest absolute Gasteiger partial charge is 0.192 e. The quantitative estimate of drug-likeness (QED) is 0.398. The number of aromatic nitrogens is 1. The molecule has 0 saturated heterocycles. The van der Waals surface area contributed by atoms with Crippen molar-refractivity contribution in [2.75, 3.05) is 0 Å². The van der Waals surface area contributed by atoms with Gasteiger partial charge in [-0.3, -0.25) is 4.79 Å². The Kier molecular flexibility index (Phi) is 4.67. The van der Waals surface area contributed by atoms with Crippen molar-refractivity contribution in [3.63, 3.8) is 0 Å². The summed E-state index contributed by atoms with van der Waals surface area (Å²) in [6, 6.07) is 22.9. The maximum atomic E-state index is 11.3. The van der Waals surface area contributed by atoms with Crippen LogP contribution in [0, 0.1) is 0 Å². The summed E-state index contributed by atoms with van der Waals surface area (Å²) in [5, 5.41) is 0. The maximum absolute atomic E-state index is 11.3. The normalized spacial score (nSPS) is 10.3. The molecule has 0 aliphatic carbocycles. The first-order chi connectivity index (χ1) is 11.2. The Morgan fingerprint density at radius 2 is 1.61 bits per heavy atom. The number of hydrogen-bond donors (Lipinski definition) is 0. The lowest BCUT2D eigenvalue weighted by Crippen LogP contribution is -2.34. The van der Waals surface area contributed by atoms with Crippen LogP contribution in [-0.2, 0) is 6.54 Å². The minimum atomic E-state index is 0.0991. The number of carbonyl (C=O) groups excluding carboxylic acids is 1. The molecule has 0 atom stereocenters. The molecule has 0 aliphatic heterocycles. The summed E-state index contributed by atoms with van der Waals surface area (Å²) >= 11 is 0. The molecule has 0 fully saturated rings. The molecule has 0 unspecified atom stereocenters. The summed E-state index contributed by atoms with van der Waals surface area (Å²) in [5.41, 5.74) is 4.65. The van der Waals surface area contributed by atoms with Crippen LogP contribution in [0.4, 0.5) is 0 Å². The topological polar surface area (TPSA) is 20.9 Å². The molecule has 0 saturated carbocycles. The molecular formula is C20H19BNO+. The highest BCUT2D eigenvalue weighted by molar-refractivity contribution is 6.67. The number of hydrogen-bond acceptors (Lipinski definition) is 1. The van der Waals surface area contributed by atoms with E-state index in [1.54, 1.807) is 6.92 Å². The Labute approximate surface area is 137 Å². The number of rotatable bonds is 5.